The van der Waals surface area contributed by atoms with Crippen LogP contribution in [0.5, 0.6) is 0 Å². The van der Waals surface area contributed by atoms with Gasteiger partial charge in [0, 0.05) is 6.20 Å². The number of nitro groups is 1. The number of aliphatic hydroxyl groups excluding tert-OH is 1. The van der Waals surface area contributed by atoms with E-state index in [4.69, 9.17) is 0 Å². The molecule has 2 rings (SSSR count). The predicted molar refractivity (Wildman–Crippen MR) is 70.8 cm³/mol. The van der Waals surface area contributed by atoms with Crippen LogP contribution < -0.4 is 5.32 Å². The molecule has 0 saturated carbocycles. The van der Waals surface area contributed by atoms with Crippen molar-refractivity contribution in [3.05, 3.63) is 64.5 Å². The van der Waals surface area contributed by atoms with Crippen LogP contribution in [0.4, 0.5) is 11.4 Å². The topological polar surface area (TPSA) is 88.3 Å². The summed E-state index contributed by atoms with van der Waals surface area (Å²) in [5.41, 5.74) is 1.08. The number of rotatable bonds is 5. The van der Waals surface area contributed by atoms with Crippen LogP contribution in [-0.4, -0.2) is 21.6 Å². The van der Waals surface area contributed by atoms with Gasteiger partial charge in [0.25, 0.3) is 0 Å². The van der Waals surface area contributed by atoms with Crippen molar-refractivity contribution in [2.75, 3.05) is 11.9 Å². The van der Waals surface area contributed by atoms with Crippen molar-refractivity contribution in [3.8, 4) is 0 Å². The zero-order valence-electron chi connectivity index (χ0n) is 10.1. The van der Waals surface area contributed by atoms with E-state index in [0.717, 1.165) is 5.56 Å². The molecule has 1 aromatic heterocycles. The van der Waals surface area contributed by atoms with E-state index >= 15 is 0 Å². The Balaban J connectivity index is 2.27. The molecule has 98 valence electrons. The van der Waals surface area contributed by atoms with Gasteiger partial charge in [0.15, 0.2) is 0 Å². The molecule has 0 aliphatic carbocycles. The third-order valence-corrected chi connectivity index (χ3v) is 2.71. The van der Waals surface area contributed by atoms with E-state index in [-0.39, 0.29) is 12.3 Å². The van der Waals surface area contributed by atoms with Crippen LogP contribution in [-0.2, 0) is 0 Å². The van der Waals surface area contributed by atoms with Crippen LogP contribution >= 0.6 is 0 Å². The molecule has 0 bridgehead atoms. The highest BCUT2D eigenvalue weighted by Gasteiger charge is 2.17. The fraction of sp³-hybridized carbons (Fsp3) is 0.154. The first-order valence-corrected chi connectivity index (χ1v) is 5.73. The number of nitrogens with zero attached hydrogens (tertiary/aromatic N) is 2. The van der Waals surface area contributed by atoms with Crippen molar-refractivity contribution in [2.24, 2.45) is 0 Å². The summed E-state index contributed by atoms with van der Waals surface area (Å²) >= 11 is 0. The number of hydrogen-bond donors (Lipinski definition) is 2. The Labute approximate surface area is 109 Å². The van der Waals surface area contributed by atoms with Crippen LogP contribution in [0.2, 0.25) is 0 Å². The Morgan fingerprint density at radius 3 is 2.68 bits per heavy atom. The second kappa shape index (κ2) is 5.92. The van der Waals surface area contributed by atoms with Gasteiger partial charge in [0.2, 0.25) is 0 Å². The van der Waals surface area contributed by atoms with Gasteiger partial charge in [-0.15, -0.1) is 0 Å². The fourth-order valence-corrected chi connectivity index (χ4v) is 1.76. The summed E-state index contributed by atoms with van der Waals surface area (Å²) in [7, 11) is 0. The Hall–Kier alpha value is -2.47. The van der Waals surface area contributed by atoms with E-state index in [9.17, 15) is 15.2 Å². The molecule has 0 spiro atoms. The van der Waals surface area contributed by atoms with Gasteiger partial charge in [0.05, 0.1) is 17.6 Å². The van der Waals surface area contributed by atoms with Gasteiger partial charge in [-0.25, -0.2) is 0 Å². The second-order valence-corrected chi connectivity index (χ2v) is 3.94. The highest BCUT2D eigenvalue weighted by Crippen LogP contribution is 2.26. The normalized spacial score (nSPS) is 11.8. The molecule has 1 unspecified atom stereocenters. The lowest BCUT2D eigenvalue weighted by atomic mass is 10.1. The Kier molecular flexibility index (Phi) is 4.04. The summed E-state index contributed by atoms with van der Waals surface area (Å²) in [6.07, 6.45) is 2.65. The molecule has 0 saturated heterocycles. The summed E-state index contributed by atoms with van der Waals surface area (Å²) in [6, 6.07) is 10.4. The summed E-state index contributed by atoms with van der Waals surface area (Å²) in [6.45, 7) is -0.163. The van der Waals surface area contributed by atoms with Crippen molar-refractivity contribution in [1.82, 2.24) is 4.98 Å². The molecule has 2 aromatic rings. The van der Waals surface area contributed by atoms with Gasteiger partial charge < -0.3 is 10.4 Å². The SMILES string of the molecule is O=[N+]([O-])c1cnccc1NC(CO)c1ccccc1. The molecule has 2 N–H and O–H groups in total. The van der Waals surface area contributed by atoms with Crippen molar-refractivity contribution >= 4 is 11.4 Å². The van der Waals surface area contributed by atoms with Crippen LogP contribution in [0.25, 0.3) is 0 Å². The minimum absolute atomic E-state index is 0.114. The van der Waals surface area contributed by atoms with Gasteiger partial charge in [-0.1, -0.05) is 30.3 Å². The lowest BCUT2D eigenvalue weighted by molar-refractivity contribution is -0.384. The summed E-state index contributed by atoms with van der Waals surface area (Å²) in [5.74, 6) is 0. The highest BCUT2D eigenvalue weighted by molar-refractivity contribution is 5.60. The molecule has 0 aliphatic heterocycles. The van der Waals surface area contributed by atoms with Crippen molar-refractivity contribution in [3.63, 3.8) is 0 Å². The number of aromatic nitrogens is 1. The van der Waals surface area contributed by atoms with E-state index in [1.807, 2.05) is 30.3 Å². The number of hydrogen-bond acceptors (Lipinski definition) is 5. The largest absolute Gasteiger partial charge is 0.394 e. The average molecular weight is 259 g/mol. The average Bonchev–Trinajstić information content (AvgIpc) is 2.46. The maximum Gasteiger partial charge on any atom is 0.310 e. The highest BCUT2D eigenvalue weighted by atomic mass is 16.6. The maximum absolute atomic E-state index is 10.9. The zero-order chi connectivity index (χ0) is 13.7. The van der Waals surface area contributed by atoms with Gasteiger partial charge in [-0.2, -0.15) is 0 Å². The maximum atomic E-state index is 10.9. The smallest absolute Gasteiger partial charge is 0.310 e. The molecule has 19 heavy (non-hydrogen) atoms. The third-order valence-electron chi connectivity index (χ3n) is 2.71. The number of nitrogens with one attached hydrogen (secondary N) is 1. The Morgan fingerprint density at radius 1 is 1.32 bits per heavy atom. The van der Waals surface area contributed by atoms with Crippen molar-refractivity contribution in [1.29, 1.82) is 0 Å². The monoisotopic (exact) mass is 259 g/mol. The number of pyridine rings is 1. The standard InChI is InChI=1S/C13H13N3O3/c17-9-12(10-4-2-1-3-5-10)15-11-6-7-14-8-13(11)16(18)19/h1-8,12,17H,9H2,(H,14,15). The third kappa shape index (κ3) is 3.05. The molecule has 0 fully saturated rings. The number of aliphatic hydroxyl groups is 1. The first-order valence-electron chi connectivity index (χ1n) is 5.73. The molecule has 1 heterocycles. The van der Waals surface area contributed by atoms with Gasteiger partial charge in [-0.3, -0.25) is 15.1 Å². The summed E-state index contributed by atoms with van der Waals surface area (Å²) < 4.78 is 0. The van der Waals surface area contributed by atoms with Crippen molar-refractivity contribution in [2.45, 2.75) is 6.04 Å². The van der Waals surface area contributed by atoms with Crippen molar-refractivity contribution < 1.29 is 10.0 Å². The van der Waals surface area contributed by atoms with Crippen LogP contribution in [0, 0.1) is 10.1 Å². The summed E-state index contributed by atoms with van der Waals surface area (Å²) in [4.78, 5) is 14.1. The van der Waals surface area contributed by atoms with E-state index in [1.54, 1.807) is 0 Å². The summed E-state index contributed by atoms with van der Waals surface area (Å²) in [5, 5.41) is 23.3. The second-order valence-electron chi connectivity index (χ2n) is 3.94. The number of benzene rings is 1. The minimum atomic E-state index is -0.505. The van der Waals surface area contributed by atoms with Crippen LogP contribution in [0.1, 0.15) is 11.6 Å². The molecular weight excluding hydrogens is 246 g/mol. The molecular formula is C13H13N3O3. The molecule has 0 amide bonds. The molecule has 1 aromatic carbocycles. The first-order chi connectivity index (χ1) is 9.22. The van der Waals surface area contributed by atoms with E-state index in [2.05, 4.69) is 10.3 Å². The van der Waals surface area contributed by atoms with E-state index in [0.29, 0.717) is 5.69 Å². The van der Waals surface area contributed by atoms with E-state index in [1.165, 1.54) is 18.5 Å². The van der Waals surface area contributed by atoms with E-state index < -0.39 is 11.0 Å². The minimum Gasteiger partial charge on any atom is -0.394 e. The molecule has 6 nitrogen and oxygen atoms in total. The Bertz CT molecular complexity index is 560. The quantitative estimate of drug-likeness (QED) is 0.634. The van der Waals surface area contributed by atoms with Crippen LogP contribution in [0.3, 0.4) is 0 Å². The lowest BCUT2D eigenvalue weighted by Crippen LogP contribution is -2.15. The number of anilines is 1. The van der Waals surface area contributed by atoms with Gasteiger partial charge >= 0.3 is 5.69 Å². The molecule has 1 atom stereocenters. The first kappa shape index (κ1) is 13.0. The van der Waals surface area contributed by atoms with Gasteiger partial charge in [-0.05, 0) is 11.6 Å². The van der Waals surface area contributed by atoms with Gasteiger partial charge in [0.1, 0.15) is 11.9 Å². The predicted octanol–water partition coefficient (Wildman–Crippen LogP) is 2.14. The zero-order valence-corrected chi connectivity index (χ0v) is 10.1. The molecule has 6 heteroatoms. The molecule has 0 radical (unpaired) electrons. The molecule has 0 aliphatic rings. The Morgan fingerprint density at radius 2 is 2.05 bits per heavy atom. The fourth-order valence-electron chi connectivity index (χ4n) is 1.76. The van der Waals surface area contributed by atoms with Crippen LogP contribution in [0.15, 0.2) is 48.8 Å². The lowest BCUT2D eigenvalue weighted by Gasteiger charge is -2.17.